The monoisotopic (exact) mass is 381 g/mol. The Morgan fingerprint density at radius 1 is 1.04 bits per heavy atom. The van der Waals surface area contributed by atoms with Crippen molar-refractivity contribution >= 4 is 17.5 Å². The SMILES string of the molecule is CC(=O)Nc1cc(-c2cnc(C)c(CC(=O)c3ccc(F)cc3F)c2)ccn1. The van der Waals surface area contributed by atoms with Crippen molar-refractivity contribution in [3.05, 3.63) is 77.2 Å². The molecule has 0 bridgehead atoms. The second-order valence-corrected chi connectivity index (χ2v) is 6.30. The number of aromatic nitrogens is 2. The molecule has 0 radical (unpaired) electrons. The molecule has 0 aliphatic carbocycles. The Kier molecular flexibility index (Phi) is 5.54. The van der Waals surface area contributed by atoms with Crippen molar-refractivity contribution in [2.45, 2.75) is 20.3 Å². The van der Waals surface area contributed by atoms with Crippen LogP contribution in [0.2, 0.25) is 0 Å². The molecule has 28 heavy (non-hydrogen) atoms. The van der Waals surface area contributed by atoms with Gasteiger partial charge in [-0.25, -0.2) is 13.8 Å². The molecule has 0 fully saturated rings. The first-order valence-corrected chi connectivity index (χ1v) is 8.51. The quantitative estimate of drug-likeness (QED) is 0.675. The van der Waals surface area contributed by atoms with E-state index < -0.39 is 17.4 Å². The number of aryl methyl sites for hydroxylation is 1. The number of carbonyl (C=O) groups is 2. The first-order valence-electron chi connectivity index (χ1n) is 8.51. The van der Waals surface area contributed by atoms with Gasteiger partial charge in [0.1, 0.15) is 17.5 Å². The maximum atomic E-state index is 13.9. The van der Waals surface area contributed by atoms with E-state index in [1.165, 1.54) is 6.92 Å². The van der Waals surface area contributed by atoms with Crippen molar-refractivity contribution in [1.29, 1.82) is 0 Å². The van der Waals surface area contributed by atoms with Crippen LogP contribution in [0.15, 0.2) is 48.8 Å². The summed E-state index contributed by atoms with van der Waals surface area (Å²) in [5.74, 6) is -1.92. The molecule has 1 amide bonds. The maximum Gasteiger partial charge on any atom is 0.222 e. The van der Waals surface area contributed by atoms with Crippen LogP contribution in [0.25, 0.3) is 11.1 Å². The van der Waals surface area contributed by atoms with Gasteiger partial charge in [-0.05, 0) is 48.4 Å². The third-order valence-electron chi connectivity index (χ3n) is 4.17. The van der Waals surface area contributed by atoms with Gasteiger partial charge in [0.25, 0.3) is 0 Å². The summed E-state index contributed by atoms with van der Waals surface area (Å²) in [6.45, 7) is 3.14. The van der Waals surface area contributed by atoms with E-state index in [0.717, 1.165) is 23.3 Å². The highest BCUT2D eigenvalue weighted by Gasteiger charge is 2.15. The molecule has 0 aliphatic rings. The Bertz CT molecular complexity index is 1070. The zero-order valence-corrected chi connectivity index (χ0v) is 15.3. The van der Waals surface area contributed by atoms with Gasteiger partial charge in [0.05, 0.1) is 5.56 Å². The number of anilines is 1. The van der Waals surface area contributed by atoms with E-state index >= 15 is 0 Å². The van der Waals surface area contributed by atoms with E-state index in [0.29, 0.717) is 23.1 Å². The highest BCUT2D eigenvalue weighted by molar-refractivity contribution is 5.98. The second kappa shape index (κ2) is 8.04. The molecule has 0 unspecified atom stereocenters. The van der Waals surface area contributed by atoms with E-state index in [2.05, 4.69) is 15.3 Å². The van der Waals surface area contributed by atoms with Gasteiger partial charge in [-0.3, -0.25) is 14.6 Å². The van der Waals surface area contributed by atoms with Crippen LogP contribution in [0, 0.1) is 18.6 Å². The zero-order valence-electron chi connectivity index (χ0n) is 15.3. The number of carbonyl (C=O) groups excluding carboxylic acids is 2. The Balaban J connectivity index is 1.89. The fourth-order valence-electron chi connectivity index (χ4n) is 2.76. The van der Waals surface area contributed by atoms with Gasteiger partial charge in [-0.15, -0.1) is 0 Å². The number of nitrogens with one attached hydrogen (secondary N) is 1. The smallest absolute Gasteiger partial charge is 0.222 e. The molecule has 2 aromatic heterocycles. The van der Waals surface area contributed by atoms with E-state index in [1.807, 2.05) is 0 Å². The number of halogens is 2. The summed E-state index contributed by atoms with van der Waals surface area (Å²) >= 11 is 0. The third-order valence-corrected chi connectivity index (χ3v) is 4.17. The van der Waals surface area contributed by atoms with Gasteiger partial charge in [-0.2, -0.15) is 0 Å². The number of hydrogen-bond donors (Lipinski definition) is 1. The molecule has 0 aliphatic heterocycles. The molecule has 3 rings (SSSR count). The summed E-state index contributed by atoms with van der Waals surface area (Å²) < 4.78 is 26.9. The van der Waals surface area contributed by atoms with Gasteiger partial charge in [0.15, 0.2) is 5.78 Å². The Labute approximate surface area is 160 Å². The zero-order chi connectivity index (χ0) is 20.3. The van der Waals surface area contributed by atoms with Crippen molar-refractivity contribution in [2.24, 2.45) is 0 Å². The van der Waals surface area contributed by atoms with E-state index in [4.69, 9.17) is 0 Å². The summed E-state index contributed by atoms with van der Waals surface area (Å²) in [6, 6.07) is 8.12. The number of nitrogens with zero attached hydrogens (tertiary/aromatic N) is 2. The largest absolute Gasteiger partial charge is 0.311 e. The molecular formula is C21H17F2N3O2. The van der Waals surface area contributed by atoms with Crippen molar-refractivity contribution in [3.8, 4) is 11.1 Å². The highest BCUT2D eigenvalue weighted by Crippen LogP contribution is 2.24. The van der Waals surface area contributed by atoms with Crippen LogP contribution in [0.3, 0.4) is 0 Å². The lowest BCUT2D eigenvalue weighted by Gasteiger charge is -2.10. The summed E-state index contributed by atoms with van der Waals surface area (Å²) in [5.41, 5.74) is 2.58. The summed E-state index contributed by atoms with van der Waals surface area (Å²) in [5, 5.41) is 2.61. The molecule has 0 saturated heterocycles. The first-order chi connectivity index (χ1) is 13.3. The Morgan fingerprint density at radius 3 is 2.54 bits per heavy atom. The van der Waals surface area contributed by atoms with Gasteiger partial charge in [0.2, 0.25) is 5.91 Å². The molecule has 0 saturated carbocycles. The molecule has 1 aromatic carbocycles. The minimum absolute atomic E-state index is 0.0706. The van der Waals surface area contributed by atoms with Crippen LogP contribution < -0.4 is 5.32 Å². The number of benzene rings is 1. The first kappa shape index (κ1) is 19.3. The summed E-state index contributed by atoms with van der Waals surface area (Å²) in [4.78, 5) is 32.1. The minimum atomic E-state index is -0.888. The Morgan fingerprint density at radius 2 is 1.82 bits per heavy atom. The van der Waals surface area contributed by atoms with Crippen LogP contribution in [0.1, 0.15) is 28.5 Å². The minimum Gasteiger partial charge on any atom is -0.311 e. The molecule has 142 valence electrons. The molecule has 1 N–H and O–H groups in total. The number of rotatable bonds is 5. The van der Waals surface area contributed by atoms with Crippen LogP contribution in [0.5, 0.6) is 0 Å². The van der Waals surface area contributed by atoms with Crippen molar-refractivity contribution in [2.75, 3.05) is 5.32 Å². The number of pyridine rings is 2. The molecular weight excluding hydrogens is 364 g/mol. The van der Waals surface area contributed by atoms with Gasteiger partial charge in [-0.1, -0.05) is 0 Å². The number of hydrogen-bond acceptors (Lipinski definition) is 4. The van der Waals surface area contributed by atoms with E-state index in [-0.39, 0.29) is 17.9 Å². The second-order valence-electron chi connectivity index (χ2n) is 6.30. The highest BCUT2D eigenvalue weighted by atomic mass is 19.1. The lowest BCUT2D eigenvalue weighted by molar-refractivity contribution is -0.114. The fourth-order valence-corrected chi connectivity index (χ4v) is 2.76. The number of amides is 1. The van der Waals surface area contributed by atoms with Gasteiger partial charge in [0, 0.05) is 43.1 Å². The average molecular weight is 381 g/mol. The summed E-state index contributed by atoms with van der Waals surface area (Å²) in [6.07, 6.45) is 3.13. The topological polar surface area (TPSA) is 72.0 Å². The van der Waals surface area contributed by atoms with Crippen LogP contribution in [-0.4, -0.2) is 21.7 Å². The third kappa shape index (κ3) is 4.43. The predicted octanol–water partition coefficient (Wildman–Crippen LogP) is 4.11. The molecule has 2 heterocycles. The van der Waals surface area contributed by atoms with Crippen molar-refractivity contribution in [1.82, 2.24) is 9.97 Å². The lowest BCUT2D eigenvalue weighted by atomic mass is 9.98. The van der Waals surface area contributed by atoms with Crippen LogP contribution in [-0.2, 0) is 11.2 Å². The van der Waals surface area contributed by atoms with Gasteiger partial charge < -0.3 is 5.32 Å². The molecule has 0 spiro atoms. The summed E-state index contributed by atoms with van der Waals surface area (Å²) in [7, 11) is 0. The van der Waals surface area contributed by atoms with Crippen molar-refractivity contribution in [3.63, 3.8) is 0 Å². The molecule has 7 heteroatoms. The number of Topliss-reactive ketones (excluding diaryl/α,β-unsaturated/α-hetero) is 1. The van der Waals surface area contributed by atoms with Crippen LogP contribution >= 0.6 is 0 Å². The maximum absolute atomic E-state index is 13.9. The van der Waals surface area contributed by atoms with Crippen LogP contribution in [0.4, 0.5) is 14.6 Å². The standard InChI is InChI=1S/C21H17F2N3O2/c1-12-15(8-20(28)18-4-3-17(22)10-19(18)23)7-16(11-25-12)14-5-6-24-21(9-14)26-13(2)27/h3-7,9-11H,8H2,1-2H3,(H,24,26,27). The predicted molar refractivity (Wildman–Crippen MR) is 101 cm³/mol. The lowest BCUT2D eigenvalue weighted by Crippen LogP contribution is -2.09. The van der Waals surface area contributed by atoms with Gasteiger partial charge >= 0.3 is 0 Å². The normalized spacial score (nSPS) is 10.6. The molecule has 0 atom stereocenters. The van der Waals surface area contributed by atoms with Crippen molar-refractivity contribution < 1.29 is 18.4 Å². The average Bonchev–Trinajstić information content (AvgIpc) is 2.63. The molecule has 5 nitrogen and oxygen atoms in total. The Hall–Kier alpha value is -3.48. The fraction of sp³-hybridized carbons (Fsp3) is 0.143. The number of ketones is 1. The molecule has 3 aromatic rings. The van der Waals surface area contributed by atoms with E-state index in [1.54, 1.807) is 37.5 Å². The van der Waals surface area contributed by atoms with E-state index in [9.17, 15) is 18.4 Å².